The smallest absolute Gasteiger partial charge is 0.266 e. The maximum atomic E-state index is 12.0. The molecule has 1 aromatic heterocycles. The first-order valence-electron chi connectivity index (χ1n) is 5.51. The zero-order chi connectivity index (χ0) is 12.3. The van der Waals surface area contributed by atoms with Crippen molar-refractivity contribution < 1.29 is 4.74 Å². The predicted molar refractivity (Wildman–Crippen MR) is 77.5 cm³/mol. The Kier molecular flexibility index (Phi) is 4.59. The van der Waals surface area contributed by atoms with Gasteiger partial charge in [0.1, 0.15) is 0 Å². The Bertz CT molecular complexity index is 443. The largest absolute Gasteiger partial charge is 0.381 e. The maximum Gasteiger partial charge on any atom is 0.266 e. The average Bonchev–Trinajstić information content (AvgIpc) is 2.36. The number of halogens is 2. The van der Waals surface area contributed by atoms with Gasteiger partial charge in [0.05, 0.1) is 9.90 Å². The quantitative estimate of drug-likeness (QED) is 0.563. The van der Waals surface area contributed by atoms with E-state index in [1.807, 2.05) is 22.6 Å². The van der Waals surface area contributed by atoms with Gasteiger partial charge in [-0.15, -0.1) is 0 Å². The van der Waals surface area contributed by atoms with Crippen LogP contribution in [0.15, 0.2) is 17.3 Å². The lowest BCUT2D eigenvalue weighted by molar-refractivity contribution is 0.0180. The summed E-state index contributed by atoms with van der Waals surface area (Å²) in [6.45, 7) is 2.26. The molecule has 1 aliphatic rings. The van der Waals surface area contributed by atoms with Gasteiger partial charge < -0.3 is 4.74 Å². The van der Waals surface area contributed by atoms with Crippen LogP contribution >= 0.6 is 38.5 Å². The van der Waals surface area contributed by atoms with Gasteiger partial charge in [0.15, 0.2) is 0 Å². The van der Waals surface area contributed by atoms with Crippen LogP contribution in [0.4, 0.5) is 0 Å². The van der Waals surface area contributed by atoms with Crippen molar-refractivity contribution in [3.05, 3.63) is 26.4 Å². The second-order valence-corrected chi connectivity index (χ2v) is 6.14. The zero-order valence-corrected chi connectivity index (χ0v) is 13.1. The zero-order valence-electron chi connectivity index (χ0n) is 9.36. The maximum absolute atomic E-state index is 12.0. The molecule has 0 atom stereocenters. The van der Waals surface area contributed by atoms with Crippen LogP contribution in [0, 0.1) is 8.99 Å². The molecular formula is C11H14BrIN2O2. The Hall–Kier alpha value is 0.0500. The summed E-state index contributed by atoms with van der Waals surface area (Å²) in [7, 11) is 0. The highest BCUT2D eigenvalue weighted by Gasteiger charge is 2.32. The number of aromatic nitrogens is 2. The molecule has 4 nitrogen and oxygen atoms in total. The van der Waals surface area contributed by atoms with E-state index in [1.165, 1.54) is 0 Å². The van der Waals surface area contributed by atoms with Crippen LogP contribution in [0.25, 0.3) is 0 Å². The monoisotopic (exact) mass is 412 g/mol. The molecule has 1 saturated heterocycles. The highest BCUT2D eigenvalue weighted by Crippen LogP contribution is 2.33. The van der Waals surface area contributed by atoms with Gasteiger partial charge in [-0.25, -0.2) is 4.98 Å². The number of hydrogen-bond donors (Lipinski definition) is 0. The molecule has 0 amide bonds. The molecule has 2 rings (SSSR count). The number of ether oxygens (including phenoxy) is 1. The highest BCUT2D eigenvalue weighted by atomic mass is 127. The predicted octanol–water partition coefficient (Wildman–Crippen LogP) is 2.04. The minimum atomic E-state index is 0.0485. The van der Waals surface area contributed by atoms with E-state index in [1.54, 1.807) is 17.1 Å². The molecule has 1 fully saturated rings. The van der Waals surface area contributed by atoms with Crippen molar-refractivity contribution >= 4 is 38.5 Å². The average molecular weight is 413 g/mol. The third kappa shape index (κ3) is 3.08. The van der Waals surface area contributed by atoms with Crippen LogP contribution in [0.5, 0.6) is 0 Å². The topological polar surface area (TPSA) is 44.1 Å². The van der Waals surface area contributed by atoms with Gasteiger partial charge >= 0.3 is 0 Å². The molecule has 0 spiro atoms. The molecule has 0 N–H and O–H groups in total. The number of hydrogen-bond acceptors (Lipinski definition) is 3. The molecule has 17 heavy (non-hydrogen) atoms. The molecule has 94 valence electrons. The molecule has 0 saturated carbocycles. The second kappa shape index (κ2) is 5.79. The van der Waals surface area contributed by atoms with Crippen LogP contribution in [-0.2, 0) is 11.3 Å². The second-order valence-electron chi connectivity index (χ2n) is 4.42. The first-order valence-corrected chi connectivity index (χ1v) is 7.71. The Morgan fingerprint density at radius 2 is 2.24 bits per heavy atom. The van der Waals surface area contributed by atoms with Gasteiger partial charge in [-0.1, -0.05) is 15.9 Å². The molecule has 1 aliphatic heterocycles. The van der Waals surface area contributed by atoms with Gasteiger partial charge in [-0.2, -0.15) is 0 Å². The fraction of sp³-hybridized carbons (Fsp3) is 0.636. The Balaban J connectivity index is 2.23. The van der Waals surface area contributed by atoms with Crippen molar-refractivity contribution in [1.29, 1.82) is 0 Å². The van der Waals surface area contributed by atoms with E-state index in [-0.39, 0.29) is 11.0 Å². The molecule has 6 heteroatoms. The molecule has 0 aromatic carbocycles. The lowest BCUT2D eigenvalue weighted by Gasteiger charge is -2.35. The van der Waals surface area contributed by atoms with Crippen molar-refractivity contribution in [3.8, 4) is 0 Å². The molecule has 0 radical (unpaired) electrons. The summed E-state index contributed by atoms with van der Waals surface area (Å²) >= 11 is 5.60. The molecular weight excluding hydrogens is 399 g/mol. The molecule has 2 heterocycles. The summed E-state index contributed by atoms with van der Waals surface area (Å²) in [6, 6.07) is 0. The summed E-state index contributed by atoms with van der Waals surface area (Å²) < 4.78 is 7.78. The Labute approximate surface area is 122 Å². The van der Waals surface area contributed by atoms with Crippen LogP contribution in [-0.4, -0.2) is 28.1 Å². The standard InChI is InChI=1S/C11H14BrIN2O2/c12-6-11(1-3-17-4-2-11)7-15-8-14-5-9(13)10(15)16/h5,8H,1-4,6-7H2. The van der Waals surface area contributed by atoms with Gasteiger partial charge in [0.25, 0.3) is 5.56 Å². The van der Waals surface area contributed by atoms with E-state index >= 15 is 0 Å². The number of nitrogens with zero attached hydrogens (tertiary/aromatic N) is 2. The summed E-state index contributed by atoms with van der Waals surface area (Å²) in [4.78, 5) is 16.1. The van der Waals surface area contributed by atoms with E-state index in [9.17, 15) is 4.79 Å². The lowest BCUT2D eigenvalue weighted by atomic mass is 9.82. The fourth-order valence-electron chi connectivity index (χ4n) is 2.04. The third-order valence-corrected chi connectivity index (χ3v) is 5.13. The summed E-state index contributed by atoms with van der Waals surface area (Å²) in [5.41, 5.74) is 0.168. The van der Waals surface area contributed by atoms with Crippen LogP contribution in [0.2, 0.25) is 0 Å². The van der Waals surface area contributed by atoms with E-state index in [2.05, 4.69) is 20.9 Å². The summed E-state index contributed by atoms with van der Waals surface area (Å²) in [5.74, 6) is 0. The highest BCUT2D eigenvalue weighted by molar-refractivity contribution is 14.1. The van der Waals surface area contributed by atoms with Crippen LogP contribution in [0.1, 0.15) is 12.8 Å². The van der Waals surface area contributed by atoms with Crippen LogP contribution in [0.3, 0.4) is 0 Å². The van der Waals surface area contributed by atoms with E-state index in [0.29, 0.717) is 10.1 Å². The van der Waals surface area contributed by atoms with E-state index < -0.39 is 0 Å². The normalized spacial score (nSPS) is 19.2. The SMILES string of the molecule is O=c1c(I)cncn1CC1(CBr)CCOCC1. The van der Waals surface area contributed by atoms with Crippen molar-refractivity contribution in [2.24, 2.45) is 5.41 Å². The summed E-state index contributed by atoms with van der Waals surface area (Å²) in [5, 5.41) is 0.890. The van der Waals surface area contributed by atoms with E-state index in [0.717, 1.165) is 31.4 Å². The van der Waals surface area contributed by atoms with Crippen molar-refractivity contribution in [2.75, 3.05) is 18.5 Å². The molecule has 0 unspecified atom stereocenters. The number of rotatable bonds is 3. The van der Waals surface area contributed by atoms with Crippen molar-refractivity contribution in [1.82, 2.24) is 9.55 Å². The molecule has 0 bridgehead atoms. The first kappa shape index (κ1) is 13.5. The van der Waals surface area contributed by atoms with Crippen molar-refractivity contribution in [2.45, 2.75) is 19.4 Å². The fourth-order valence-corrected chi connectivity index (χ4v) is 3.25. The third-order valence-electron chi connectivity index (χ3n) is 3.20. The molecule has 1 aromatic rings. The van der Waals surface area contributed by atoms with Gasteiger partial charge in [-0.3, -0.25) is 9.36 Å². The minimum absolute atomic E-state index is 0.0485. The summed E-state index contributed by atoms with van der Waals surface area (Å²) in [6.07, 6.45) is 5.20. The van der Waals surface area contributed by atoms with Gasteiger partial charge in [0.2, 0.25) is 0 Å². The first-order chi connectivity index (χ1) is 8.17. The lowest BCUT2D eigenvalue weighted by Crippen LogP contribution is -2.38. The van der Waals surface area contributed by atoms with Gasteiger partial charge in [0, 0.05) is 36.7 Å². The van der Waals surface area contributed by atoms with Crippen molar-refractivity contribution in [3.63, 3.8) is 0 Å². The molecule has 0 aliphatic carbocycles. The Morgan fingerprint density at radius 3 is 2.88 bits per heavy atom. The van der Waals surface area contributed by atoms with E-state index in [4.69, 9.17) is 4.74 Å². The van der Waals surface area contributed by atoms with Crippen LogP contribution < -0.4 is 5.56 Å². The van der Waals surface area contributed by atoms with Gasteiger partial charge in [-0.05, 0) is 35.4 Å². The Morgan fingerprint density at radius 1 is 1.53 bits per heavy atom. The number of alkyl halides is 1. The minimum Gasteiger partial charge on any atom is -0.381 e.